The Bertz CT molecular complexity index is 643. The molecular weight excluding hydrogens is 282 g/mol. The van der Waals surface area contributed by atoms with Gasteiger partial charge in [-0.15, -0.1) is 0 Å². The summed E-state index contributed by atoms with van der Waals surface area (Å²) in [5, 5.41) is 1.06. The Hall–Kier alpha value is -2.21. The minimum Gasteiger partial charge on any atom is -0.493 e. The van der Waals surface area contributed by atoms with Gasteiger partial charge in [-0.3, -0.25) is 0 Å². The normalized spacial score (nSPS) is 10.6. The van der Waals surface area contributed by atoms with Crippen molar-refractivity contribution in [2.45, 2.75) is 6.42 Å². The molecule has 0 aliphatic heterocycles. The minimum absolute atomic E-state index is 0.00153. The van der Waals surface area contributed by atoms with Gasteiger partial charge in [0.25, 0.3) is 0 Å². The summed E-state index contributed by atoms with van der Waals surface area (Å²) in [5.74, 6) is -1.25. The Balaban J connectivity index is 2.38. The number of rotatable bonds is 6. The molecule has 0 fully saturated rings. The molecule has 21 heavy (non-hydrogen) atoms. The van der Waals surface area contributed by atoms with E-state index < -0.39 is 11.8 Å². The number of carbonyl (C=O) groups excluding carboxylic acids is 1. The predicted molar refractivity (Wildman–Crippen MR) is 72.4 cm³/mol. The van der Waals surface area contributed by atoms with Gasteiger partial charge in [0.05, 0.1) is 12.2 Å². The average Bonchev–Trinajstić information content (AvgIpc) is 2.50. The van der Waals surface area contributed by atoms with Crippen molar-refractivity contribution in [3.63, 3.8) is 0 Å². The van der Waals surface area contributed by atoms with Crippen LogP contribution in [0.2, 0.25) is 0 Å². The first-order valence-corrected chi connectivity index (χ1v) is 6.33. The molecule has 2 rings (SSSR count). The van der Waals surface area contributed by atoms with Crippen molar-refractivity contribution >= 4 is 16.7 Å². The van der Waals surface area contributed by atoms with Crippen LogP contribution < -0.4 is 4.74 Å². The molecule has 0 heterocycles. The maximum atomic E-state index is 13.4. The van der Waals surface area contributed by atoms with Crippen LogP contribution in [-0.4, -0.2) is 26.3 Å². The number of fused-ring (bicyclic) bond motifs is 1. The lowest BCUT2D eigenvalue weighted by Gasteiger charge is -2.11. The van der Waals surface area contributed by atoms with Gasteiger partial charge in [0, 0.05) is 30.0 Å². The first kappa shape index (κ1) is 15.2. The summed E-state index contributed by atoms with van der Waals surface area (Å²) in [4.78, 5) is 14.5. The molecule has 0 unspecified atom stereocenters. The second-order valence-electron chi connectivity index (χ2n) is 4.40. The third-order valence-electron chi connectivity index (χ3n) is 2.93. The van der Waals surface area contributed by atoms with Gasteiger partial charge in [0.15, 0.2) is 0 Å². The zero-order chi connectivity index (χ0) is 15.2. The van der Waals surface area contributed by atoms with Gasteiger partial charge < -0.3 is 9.47 Å². The summed E-state index contributed by atoms with van der Waals surface area (Å²) in [6, 6.07) is 6.78. The van der Waals surface area contributed by atoms with Crippen molar-refractivity contribution in [1.82, 2.24) is 0 Å². The lowest BCUT2D eigenvalue weighted by atomic mass is 10.1. The van der Waals surface area contributed by atoms with E-state index in [1.54, 1.807) is 7.11 Å². The van der Waals surface area contributed by atoms with Crippen LogP contribution in [0, 0.1) is 5.82 Å². The highest BCUT2D eigenvalue weighted by Gasteiger charge is 2.13. The number of hydrogen-bond donors (Lipinski definition) is 0. The summed E-state index contributed by atoms with van der Waals surface area (Å²) in [6.07, 6.45) is 0.630. The molecule has 0 aromatic heterocycles. The van der Waals surface area contributed by atoms with Crippen LogP contribution in [0.25, 0.3) is 10.8 Å². The highest BCUT2D eigenvalue weighted by atomic mass is 19.3. The highest BCUT2D eigenvalue weighted by molar-refractivity contribution is 5.98. The number of halogens is 2. The Kier molecular flexibility index (Phi) is 5.05. The van der Waals surface area contributed by atoms with E-state index in [0.29, 0.717) is 36.2 Å². The van der Waals surface area contributed by atoms with Crippen molar-refractivity contribution in [1.29, 1.82) is 0 Å². The topological polar surface area (TPSA) is 44.8 Å². The Morgan fingerprint density at radius 2 is 2.00 bits per heavy atom. The Labute approximate surface area is 120 Å². The summed E-state index contributed by atoms with van der Waals surface area (Å²) in [5.41, 5.74) is -0.00153. The summed E-state index contributed by atoms with van der Waals surface area (Å²) in [6.45, 7) is 0.839. The molecule has 4 nitrogen and oxygen atoms in total. The van der Waals surface area contributed by atoms with Gasteiger partial charge in [0.1, 0.15) is 11.6 Å². The van der Waals surface area contributed by atoms with Gasteiger partial charge >= 0.3 is 5.97 Å². The molecule has 0 aliphatic carbocycles. The van der Waals surface area contributed by atoms with Crippen molar-refractivity contribution in [3.8, 4) is 5.75 Å². The largest absolute Gasteiger partial charge is 0.493 e. The number of benzene rings is 2. The van der Waals surface area contributed by atoms with E-state index in [9.17, 15) is 13.7 Å². The third kappa shape index (κ3) is 3.66. The monoisotopic (exact) mass is 296 g/mol. The van der Waals surface area contributed by atoms with Crippen LogP contribution in [0.3, 0.4) is 0 Å². The molecule has 0 spiro atoms. The lowest BCUT2D eigenvalue weighted by molar-refractivity contribution is -0.0788. The highest BCUT2D eigenvalue weighted by Crippen LogP contribution is 2.29. The Morgan fingerprint density at radius 1 is 1.19 bits per heavy atom. The fraction of sp³-hybridized carbons (Fsp3) is 0.267. The van der Waals surface area contributed by atoms with E-state index in [1.807, 2.05) is 0 Å². The second kappa shape index (κ2) is 6.99. The smallest absolute Gasteiger partial charge is 0.379 e. The Morgan fingerprint density at radius 3 is 2.71 bits per heavy atom. The second-order valence-corrected chi connectivity index (χ2v) is 4.40. The molecule has 2 aromatic carbocycles. The fourth-order valence-electron chi connectivity index (χ4n) is 1.96. The van der Waals surface area contributed by atoms with E-state index in [0.717, 1.165) is 0 Å². The summed E-state index contributed by atoms with van der Waals surface area (Å²) < 4.78 is 35.8. The standard InChI is InChI=1S/C15H14F2O4/c1-19-5-2-6-20-14-8-11(15(18)21-17)7-10-3-4-12(16)9-13(10)14/h3-4,7-9H,2,5-6H2,1H3. The molecule has 0 radical (unpaired) electrons. The number of carbonyl (C=O) groups is 1. The molecule has 0 saturated carbocycles. The summed E-state index contributed by atoms with van der Waals surface area (Å²) in [7, 11) is 1.57. The lowest BCUT2D eigenvalue weighted by Crippen LogP contribution is -2.04. The van der Waals surface area contributed by atoms with E-state index in [2.05, 4.69) is 4.94 Å². The third-order valence-corrected chi connectivity index (χ3v) is 2.93. The van der Waals surface area contributed by atoms with Crippen molar-refractivity contribution in [2.75, 3.05) is 20.3 Å². The van der Waals surface area contributed by atoms with Gasteiger partial charge in [0.2, 0.25) is 0 Å². The van der Waals surface area contributed by atoms with Crippen LogP contribution in [0.1, 0.15) is 16.8 Å². The molecule has 0 atom stereocenters. The van der Waals surface area contributed by atoms with E-state index in [-0.39, 0.29) is 5.56 Å². The molecule has 112 valence electrons. The van der Waals surface area contributed by atoms with E-state index in [1.165, 1.54) is 30.3 Å². The zero-order valence-electron chi connectivity index (χ0n) is 11.4. The van der Waals surface area contributed by atoms with Gasteiger partial charge in [-0.25, -0.2) is 14.1 Å². The summed E-state index contributed by atoms with van der Waals surface area (Å²) >= 11 is 0. The number of methoxy groups -OCH3 is 1. The SMILES string of the molecule is COCCCOc1cc(C(=O)OF)cc2ccc(F)cc12. The van der Waals surface area contributed by atoms with Gasteiger partial charge in [-0.2, -0.15) is 0 Å². The number of ether oxygens (including phenoxy) is 2. The van der Waals surface area contributed by atoms with Gasteiger partial charge in [-0.1, -0.05) is 6.07 Å². The quantitative estimate of drug-likeness (QED) is 0.766. The fourth-order valence-corrected chi connectivity index (χ4v) is 1.96. The van der Waals surface area contributed by atoms with Crippen LogP contribution in [0.5, 0.6) is 5.75 Å². The van der Waals surface area contributed by atoms with E-state index in [4.69, 9.17) is 9.47 Å². The van der Waals surface area contributed by atoms with Crippen LogP contribution in [0.4, 0.5) is 8.92 Å². The van der Waals surface area contributed by atoms with Crippen molar-refractivity contribution in [2.24, 2.45) is 0 Å². The first-order valence-electron chi connectivity index (χ1n) is 6.33. The molecule has 6 heteroatoms. The molecule has 2 aromatic rings. The van der Waals surface area contributed by atoms with E-state index >= 15 is 0 Å². The minimum atomic E-state index is -1.12. The van der Waals surface area contributed by atoms with Gasteiger partial charge in [-0.05, 0) is 29.7 Å². The van der Waals surface area contributed by atoms with Crippen LogP contribution >= 0.6 is 0 Å². The maximum absolute atomic E-state index is 13.4. The van der Waals surface area contributed by atoms with Crippen LogP contribution in [0.15, 0.2) is 30.3 Å². The molecule has 0 bridgehead atoms. The predicted octanol–water partition coefficient (Wildman–Crippen LogP) is 3.44. The molecule has 0 saturated heterocycles. The zero-order valence-corrected chi connectivity index (χ0v) is 11.4. The first-order chi connectivity index (χ1) is 10.2. The number of hydrogen-bond acceptors (Lipinski definition) is 4. The molecule has 0 aliphatic rings. The average molecular weight is 296 g/mol. The van der Waals surface area contributed by atoms with Crippen molar-refractivity contribution < 1.29 is 28.1 Å². The molecule has 0 N–H and O–H groups in total. The molecule has 0 amide bonds. The van der Waals surface area contributed by atoms with Crippen molar-refractivity contribution in [3.05, 3.63) is 41.7 Å². The maximum Gasteiger partial charge on any atom is 0.379 e. The van der Waals surface area contributed by atoms with Crippen LogP contribution in [-0.2, 0) is 9.68 Å². The molecular formula is C15H14F2O4.